The minimum Gasteiger partial charge on any atom is -0.455 e. The minimum absolute atomic E-state index is 0.00156. The van der Waals surface area contributed by atoms with Crippen molar-refractivity contribution in [2.24, 2.45) is 0 Å². The van der Waals surface area contributed by atoms with Crippen LogP contribution in [0.15, 0.2) is 40.8 Å². The molecule has 1 saturated carbocycles. The molecule has 8 nitrogen and oxygen atoms in total. The molecule has 2 aromatic carbocycles. The van der Waals surface area contributed by atoms with E-state index in [1.54, 1.807) is 6.07 Å². The Hall–Kier alpha value is -2.89. The van der Waals surface area contributed by atoms with Crippen molar-refractivity contribution in [2.75, 3.05) is 43.1 Å². The first kappa shape index (κ1) is 27.2. The summed E-state index contributed by atoms with van der Waals surface area (Å²) in [7, 11) is -2.15. The van der Waals surface area contributed by atoms with E-state index in [-0.39, 0.29) is 35.9 Å². The number of fused-ring (bicyclic) bond motifs is 1. The van der Waals surface area contributed by atoms with Crippen LogP contribution >= 0.6 is 11.8 Å². The predicted molar refractivity (Wildman–Crippen MR) is 143 cm³/mol. The summed E-state index contributed by atoms with van der Waals surface area (Å²) >= 11 is 1.15. The number of anilines is 1. The van der Waals surface area contributed by atoms with Crippen molar-refractivity contribution in [3.8, 4) is 11.3 Å². The number of amides is 1. The highest BCUT2D eigenvalue weighted by Gasteiger charge is 2.33. The lowest BCUT2D eigenvalue weighted by atomic mass is 10.0. The molecule has 3 aromatic rings. The smallest absolute Gasteiger partial charge is 0.255 e. The van der Waals surface area contributed by atoms with Crippen LogP contribution in [0.25, 0.3) is 22.3 Å². The van der Waals surface area contributed by atoms with Gasteiger partial charge in [-0.15, -0.1) is 0 Å². The highest BCUT2D eigenvalue weighted by molar-refractivity contribution is 8.13. The zero-order chi connectivity index (χ0) is 26.7. The number of nitrogens with zero attached hydrogens (tertiary/aromatic N) is 1. The van der Waals surface area contributed by atoms with Gasteiger partial charge in [-0.3, -0.25) is 13.9 Å². The van der Waals surface area contributed by atoms with Crippen LogP contribution in [-0.4, -0.2) is 58.3 Å². The van der Waals surface area contributed by atoms with Gasteiger partial charge in [0.25, 0.3) is 5.91 Å². The lowest BCUT2D eigenvalue weighted by Gasteiger charge is -2.25. The van der Waals surface area contributed by atoms with Crippen LogP contribution in [0.1, 0.15) is 41.6 Å². The molecular formula is C26H29FN2O6S2. The molecule has 1 amide bonds. The van der Waals surface area contributed by atoms with Crippen molar-refractivity contribution in [3.63, 3.8) is 0 Å². The molecule has 0 bridgehead atoms. The quantitative estimate of drug-likeness (QED) is 0.351. The molecule has 37 heavy (non-hydrogen) atoms. The van der Waals surface area contributed by atoms with Gasteiger partial charge in [0.2, 0.25) is 10.0 Å². The summed E-state index contributed by atoms with van der Waals surface area (Å²) in [6.45, 7) is 2.04. The third-order valence-electron chi connectivity index (χ3n) is 6.06. The average molecular weight is 549 g/mol. The first-order valence-electron chi connectivity index (χ1n) is 11.9. The summed E-state index contributed by atoms with van der Waals surface area (Å²) in [5.74, 6) is 0.174. The summed E-state index contributed by atoms with van der Waals surface area (Å²) in [5, 5.41) is 3.20. The van der Waals surface area contributed by atoms with Gasteiger partial charge in [0.1, 0.15) is 17.2 Å². The SMILES string of the molecule is CNC(=O)c1c(-c2ccc(F)cc2)oc2cc(N(CCOCCSC(C)=O)S(C)(=O)=O)c(C3CC3)cc12. The van der Waals surface area contributed by atoms with Gasteiger partial charge in [0.15, 0.2) is 5.12 Å². The van der Waals surface area contributed by atoms with Crippen molar-refractivity contribution in [1.29, 1.82) is 0 Å². The van der Waals surface area contributed by atoms with Gasteiger partial charge in [-0.1, -0.05) is 11.8 Å². The van der Waals surface area contributed by atoms with E-state index in [2.05, 4.69) is 5.32 Å². The number of sulfonamides is 1. The average Bonchev–Trinajstić information content (AvgIpc) is 3.62. The topological polar surface area (TPSA) is 106 Å². The summed E-state index contributed by atoms with van der Waals surface area (Å²) in [4.78, 5) is 24.0. The van der Waals surface area contributed by atoms with E-state index in [0.29, 0.717) is 40.1 Å². The molecule has 1 heterocycles. The minimum atomic E-state index is -3.67. The van der Waals surface area contributed by atoms with Gasteiger partial charge < -0.3 is 14.5 Å². The van der Waals surface area contributed by atoms with E-state index in [0.717, 1.165) is 36.4 Å². The highest BCUT2D eigenvalue weighted by Crippen LogP contribution is 2.48. The fourth-order valence-corrected chi connectivity index (χ4v) is 5.61. The normalized spacial score (nSPS) is 13.6. The van der Waals surface area contributed by atoms with Gasteiger partial charge in [-0.25, -0.2) is 12.8 Å². The first-order chi connectivity index (χ1) is 17.6. The Morgan fingerprint density at radius 3 is 2.49 bits per heavy atom. The number of carbonyl (C=O) groups excluding carboxylic acids is 2. The van der Waals surface area contributed by atoms with E-state index < -0.39 is 15.8 Å². The number of carbonyl (C=O) groups is 2. The maximum atomic E-state index is 13.5. The summed E-state index contributed by atoms with van der Waals surface area (Å²) < 4.78 is 52.2. The van der Waals surface area contributed by atoms with Crippen molar-refractivity contribution in [1.82, 2.24) is 5.32 Å². The highest BCUT2D eigenvalue weighted by atomic mass is 32.2. The number of nitrogens with one attached hydrogen (secondary N) is 1. The van der Waals surface area contributed by atoms with Crippen molar-refractivity contribution >= 4 is 49.5 Å². The van der Waals surface area contributed by atoms with E-state index in [1.807, 2.05) is 6.07 Å². The Kier molecular flexibility index (Phi) is 8.25. The van der Waals surface area contributed by atoms with E-state index in [1.165, 1.54) is 42.5 Å². The van der Waals surface area contributed by atoms with Gasteiger partial charge >= 0.3 is 0 Å². The summed E-state index contributed by atoms with van der Waals surface area (Å²) in [6.07, 6.45) is 2.96. The molecule has 4 rings (SSSR count). The maximum Gasteiger partial charge on any atom is 0.255 e. The van der Waals surface area contributed by atoms with Gasteiger partial charge in [-0.2, -0.15) is 0 Å². The number of rotatable bonds is 11. The fraction of sp³-hybridized carbons (Fsp3) is 0.385. The molecule has 1 aromatic heterocycles. The lowest BCUT2D eigenvalue weighted by molar-refractivity contribution is -0.109. The molecule has 0 spiro atoms. The van der Waals surface area contributed by atoms with Crippen LogP contribution in [0.4, 0.5) is 10.1 Å². The molecule has 1 aliphatic carbocycles. The third kappa shape index (κ3) is 6.34. The van der Waals surface area contributed by atoms with Crippen LogP contribution in [0, 0.1) is 5.82 Å². The largest absolute Gasteiger partial charge is 0.455 e. The zero-order valence-corrected chi connectivity index (χ0v) is 22.5. The number of halogens is 1. The van der Waals surface area contributed by atoms with Gasteiger partial charge in [0.05, 0.1) is 37.3 Å². The Bertz CT molecular complexity index is 1420. The molecule has 1 fully saturated rings. The maximum absolute atomic E-state index is 13.5. The molecule has 0 radical (unpaired) electrons. The first-order valence-corrected chi connectivity index (χ1v) is 14.7. The molecular weight excluding hydrogens is 519 g/mol. The molecule has 1 N–H and O–H groups in total. The van der Waals surface area contributed by atoms with Crippen LogP contribution in [0.3, 0.4) is 0 Å². The number of furan rings is 1. The second-order valence-electron chi connectivity index (χ2n) is 8.86. The number of hydrogen-bond donors (Lipinski definition) is 1. The fourth-order valence-electron chi connectivity index (χ4n) is 4.20. The van der Waals surface area contributed by atoms with Crippen LogP contribution in [-0.2, 0) is 19.6 Å². The number of ether oxygens (including phenoxy) is 1. The third-order valence-corrected chi connectivity index (χ3v) is 8.01. The van der Waals surface area contributed by atoms with Crippen molar-refractivity contribution in [3.05, 3.63) is 53.3 Å². The Labute approximate surface area is 219 Å². The molecule has 0 aliphatic heterocycles. The predicted octanol–water partition coefficient (Wildman–Crippen LogP) is 4.54. The molecule has 0 saturated heterocycles. The van der Waals surface area contributed by atoms with Crippen LogP contribution < -0.4 is 9.62 Å². The van der Waals surface area contributed by atoms with E-state index in [4.69, 9.17) is 9.15 Å². The van der Waals surface area contributed by atoms with E-state index >= 15 is 0 Å². The lowest BCUT2D eigenvalue weighted by Crippen LogP contribution is -2.34. The monoisotopic (exact) mass is 548 g/mol. The summed E-state index contributed by atoms with van der Waals surface area (Å²) in [6, 6.07) is 9.15. The van der Waals surface area contributed by atoms with Crippen molar-refractivity contribution < 1.29 is 31.6 Å². The Morgan fingerprint density at radius 1 is 1.19 bits per heavy atom. The molecule has 0 unspecified atom stereocenters. The Morgan fingerprint density at radius 2 is 1.89 bits per heavy atom. The molecule has 11 heteroatoms. The van der Waals surface area contributed by atoms with E-state index in [9.17, 15) is 22.4 Å². The Balaban J connectivity index is 1.76. The molecule has 198 valence electrons. The summed E-state index contributed by atoms with van der Waals surface area (Å²) in [5.41, 5.74) is 2.51. The zero-order valence-electron chi connectivity index (χ0n) is 20.9. The molecule has 0 atom stereocenters. The number of hydrogen-bond acceptors (Lipinski definition) is 7. The van der Waals surface area contributed by atoms with Crippen molar-refractivity contribution in [2.45, 2.75) is 25.7 Å². The van der Waals surface area contributed by atoms with Crippen LogP contribution in [0.2, 0.25) is 0 Å². The second-order valence-corrected chi connectivity index (χ2v) is 12.0. The van der Waals surface area contributed by atoms with Gasteiger partial charge in [0, 0.05) is 36.7 Å². The van der Waals surface area contributed by atoms with Gasteiger partial charge in [-0.05, 0) is 54.7 Å². The second kappa shape index (κ2) is 11.2. The number of benzene rings is 2. The van der Waals surface area contributed by atoms with Crippen LogP contribution in [0.5, 0.6) is 0 Å². The standard InChI is InChI=1S/C26H29FN2O6S2/c1-16(30)36-13-12-34-11-10-29(37(3,32)33)22-15-23-21(14-20(22)17-4-5-17)24(26(31)28-2)25(35-23)18-6-8-19(27)9-7-18/h6-9,14-15,17H,4-5,10-13H2,1-3H3,(H,28,31). The number of thioether (sulfide) groups is 1. The molecule has 1 aliphatic rings.